The maximum Gasteiger partial charge on any atom is 0.319 e. The summed E-state index contributed by atoms with van der Waals surface area (Å²) in [7, 11) is 1.38. The third kappa shape index (κ3) is 3.91. The van der Waals surface area contributed by atoms with Crippen molar-refractivity contribution in [2.45, 2.75) is 30.2 Å². The molecular formula is C16H16ClN5O2S. The molecule has 0 N–H and O–H groups in total. The minimum atomic E-state index is -0.343. The third-order valence-electron chi connectivity index (χ3n) is 3.60. The van der Waals surface area contributed by atoms with Gasteiger partial charge in [-0.25, -0.2) is 14.6 Å². The summed E-state index contributed by atoms with van der Waals surface area (Å²) in [5, 5.41) is 9.32. The Morgan fingerprint density at radius 1 is 1.32 bits per heavy atom. The van der Waals surface area contributed by atoms with Gasteiger partial charge in [0.15, 0.2) is 11.2 Å². The van der Waals surface area contributed by atoms with Crippen LogP contribution in [0.15, 0.2) is 35.6 Å². The quantitative estimate of drug-likeness (QED) is 0.371. The van der Waals surface area contributed by atoms with Crippen LogP contribution in [0.5, 0.6) is 0 Å². The first-order valence-electron chi connectivity index (χ1n) is 7.65. The van der Waals surface area contributed by atoms with E-state index in [0.29, 0.717) is 34.2 Å². The van der Waals surface area contributed by atoms with Gasteiger partial charge in [-0.2, -0.15) is 0 Å². The van der Waals surface area contributed by atoms with Crippen molar-refractivity contribution in [3.8, 4) is 0 Å². The molecule has 1 atom stereocenters. The molecule has 130 valence electrons. The summed E-state index contributed by atoms with van der Waals surface area (Å²) in [5.41, 5.74) is 2.22. The molecular weight excluding hydrogens is 362 g/mol. The molecule has 0 fully saturated rings. The van der Waals surface area contributed by atoms with E-state index in [1.54, 1.807) is 4.68 Å². The van der Waals surface area contributed by atoms with Crippen LogP contribution in [-0.4, -0.2) is 43.3 Å². The van der Waals surface area contributed by atoms with Gasteiger partial charge >= 0.3 is 5.97 Å². The Balaban J connectivity index is 1.89. The summed E-state index contributed by atoms with van der Waals surface area (Å²) in [5.74, 6) is -0.284. The topological polar surface area (TPSA) is 82.8 Å². The lowest BCUT2D eigenvalue weighted by atomic mass is 10.2. The van der Waals surface area contributed by atoms with Crippen molar-refractivity contribution in [2.24, 2.45) is 0 Å². The van der Waals surface area contributed by atoms with Crippen LogP contribution in [0.4, 0.5) is 0 Å². The number of nitrogens with zero attached hydrogens (tertiary/aromatic N) is 5. The third-order valence-corrected chi connectivity index (χ3v) is 5.19. The smallest absolute Gasteiger partial charge is 0.319 e. The van der Waals surface area contributed by atoms with Crippen molar-refractivity contribution in [1.82, 2.24) is 25.0 Å². The molecule has 0 spiro atoms. The van der Waals surface area contributed by atoms with Crippen molar-refractivity contribution in [3.63, 3.8) is 0 Å². The van der Waals surface area contributed by atoms with Crippen LogP contribution in [0.25, 0.3) is 11.2 Å². The summed E-state index contributed by atoms with van der Waals surface area (Å²) in [6, 6.07) is 7.51. The van der Waals surface area contributed by atoms with Gasteiger partial charge < -0.3 is 4.74 Å². The molecule has 0 bridgehead atoms. The van der Waals surface area contributed by atoms with E-state index < -0.39 is 0 Å². The second-order valence-electron chi connectivity index (χ2n) is 5.26. The minimum Gasteiger partial charge on any atom is -0.468 e. The fourth-order valence-electron chi connectivity index (χ4n) is 2.29. The van der Waals surface area contributed by atoms with Crippen molar-refractivity contribution in [2.75, 3.05) is 7.11 Å². The van der Waals surface area contributed by atoms with Gasteiger partial charge in [0.05, 0.1) is 13.7 Å². The summed E-state index contributed by atoms with van der Waals surface area (Å²) < 4.78 is 6.52. The number of fused-ring (bicyclic) bond motifs is 1. The van der Waals surface area contributed by atoms with E-state index in [1.165, 1.54) is 25.2 Å². The zero-order valence-corrected chi connectivity index (χ0v) is 15.3. The molecule has 3 aromatic rings. The Bertz CT molecular complexity index is 884. The molecule has 0 amide bonds. The van der Waals surface area contributed by atoms with E-state index in [-0.39, 0.29) is 11.2 Å². The number of thioether (sulfide) groups is 1. The molecule has 7 nitrogen and oxygen atoms in total. The van der Waals surface area contributed by atoms with Crippen molar-refractivity contribution < 1.29 is 9.53 Å². The van der Waals surface area contributed by atoms with Crippen molar-refractivity contribution in [3.05, 3.63) is 41.2 Å². The van der Waals surface area contributed by atoms with Crippen LogP contribution in [0.1, 0.15) is 18.9 Å². The van der Waals surface area contributed by atoms with Gasteiger partial charge in [-0.3, -0.25) is 4.79 Å². The van der Waals surface area contributed by atoms with Crippen molar-refractivity contribution in [1.29, 1.82) is 0 Å². The van der Waals surface area contributed by atoms with Gasteiger partial charge in [-0.15, -0.1) is 5.10 Å². The minimum absolute atomic E-state index is 0.284. The monoisotopic (exact) mass is 377 g/mol. The number of halogens is 1. The highest BCUT2D eigenvalue weighted by molar-refractivity contribution is 8.00. The molecule has 25 heavy (non-hydrogen) atoms. The van der Waals surface area contributed by atoms with Gasteiger partial charge in [-0.1, -0.05) is 47.6 Å². The summed E-state index contributed by atoms with van der Waals surface area (Å²) in [6.45, 7) is 2.44. The molecule has 0 unspecified atom stereocenters. The first-order chi connectivity index (χ1) is 12.1. The zero-order valence-electron chi connectivity index (χ0n) is 13.7. The Labute approximate surface area is 153 Å². The second-order valence-corrected chi connectivity index (χ2v) is 6.89. The maximum absolute atomic E-state index is 11.8. The number of esters is 1. The molecule has 2 aromatic heterocycles. The molecule has 1 aromatic carbocycles. The molecule has 0 radical (unpaired) electrons. The lowest BCUT2D eigenvalue weighted by Crippen LogP contribution is -2.17. The molecule has 0 aliphatic heterocycles. The molecule has 2 heterocycles. The number of methoxy groups -OCH3 is 1. The van der Waals surface area contributed by atoms with E-state index in [9.17, 15) is 4.79 Å². The molecule has 0 saturated carbocycles. The number of hydrogen-bond acceptors (Lipinski definition) is 7. The summed E-state index contributed by atoms with van der Waals surface area (Å²) >= 11 is 7.23. The average Bonchev–Trinajstić information content (AvgIpc) is 3.04. The number of rotatable bonds is 6. The van der Waals surface area contributed by atoms with E-state index in [4.69, 9.17) is 16.3 Å². The molecule has 0 saturated heterocycles. The predicted octanol–water partition coefficient (Wildman–Crippen LogP) is 2.97. The lowest BCUT2D eigenvalue weighted by Gasteiger charge is -2.11. The van der Waals surface area contributed by atoms with Crippen molar-refractivity contribution >= 4 is 40.5 Å². The highest BCUT2D eigenvalue weighted by Crippen LogP contribution is 2.29. The lowest BCUT2D eigenvalue weighted by molar-refractivity contribution is -0.140. The largest absolute Gasteiger partial charge is 0.468 e. The number of carbonyl (C=O) groups excluding carboxylic acids is 1. The normalized spacial score (nSPS) is 12.3. The summed E-state index contributed by atoms with van der Waals surface area (Å²) in [6.07, 6.45) is 2.08. The highest BCUT2D eigenvalue weighted by Gasteiger charge is 2.22. The molecule has 0 aliphatic rings. The van der Waals surface area contributed by atoms with Crippen LogP contribution in [0.2, 0.25) is 5.02 Å². The molecule has 0 aliphatic carbocycles. The Hall–Kier alpha value is -2.19. The number of carbonyl (C=O) groups is 1. The van der Waals surface area contributed by atoms with Gasteiger partial charge in [0.25, 0.3) is 0 Å². The number of hydrogen-bond donors (Lipinski definition) is 0. The number of ether oxygens (including phenoxy) is 1. The molecule has 3 rings (SSSR count). The van der Waals surface area contributed by atoms with E-state index in [1.807, 2.05) is 31.2 Å². The van der Waals surface area contributed by atoms with Crippen LogP contribution >= 0.6 is 23.4 Å². The average molecular weight is 378 g/mol. The van der Waals surface area contributed by atoms with E-state index in [0.717, 1.165) is 5.56 Å². The standard InChI is InChI=1S/C16H16ClN5O2S/c1-3-12(16(23)24-2)25-15-13-14(18-9-19-15)22(21-20-13)8-10-4-6-11(17)7-5-10/h4-7,9,12H,3,8H2,1-2H3/t12-/m0/s1. The fourth-order valence-corrected chi connectivity index (χ4v) is 3.40. The number of aromatic nitrogens is 5. The molecule has 9 heteroatoms. The first-order valence-corrected chi connectivity index (χ1v) is 8.91. The van der Waals surface area contributed by atoms with Gasteiger partial charge in [0, 0.05) is 5.02 Å². The van der Waals surface area contributed by atoms with E-state index >= 15 is 0 Å². The van der Waals surface area contributed by atoms with Crippen LogP contribution in [0.3, 0.4) is 0 Å². The fraction of sp³-hybridized carbons (Fsp3) is 0.312. The van der Waals surface area contributed by atoms with Crippen LogP contribution < -0.4 is 0 Å². The second kappa shape index (κ2) is 7.79. The Morgan fingerprint density at radius 3 is 2.76 bits per heavy atom. The Kier molecular flexibility index (Phi) is 5.50. The SMILES string of the molecule is CC[C@H](Sc1ncnc2c1nnn2Cc1ccc(Cl)cc1)C(=O)OC. The van der Waals surface area contributed by atoms with Crippen LogP contribution in [-0.2, 0) is 16.1 Å². The predicted molar refractivity (Wildman–Crippen MR) is 95.6 cm³/mol. The maximum atomic E-state index is 11.8. The Morgan fingerprint density at radius 2 is 2.08 bits per heavy atom. The van der Waals surface area contributed by atoms with Gasteiger partial charge in [0.1, 0.15) is 16.6 Å². The van der Waals surface area contributed by atoms with E-state index in [2.05, 4.69) is 20.3 Å². The van der Waals surface area contributed by atoms with Crippen LogP contribution in [0, 0.1) is 0 Å². The highest BCUT2D eigenvalue weighted by atomic mass is 35.5. The van der Waals surface area contributed by atoms with Gasteiger partial charge in [-0.05, 0) is 24.1 Å². The summed E-state index contributed by atoms with van der Waals surface area (Å²) in [4.78, 5) is 20.4. The zero-order chi connectivity index (χ0) is 17.8. The number of benzene rings is 1. The first kappa shape index (κ1) is 17.6. The van der Waals surface area contributed by atoms with Gasteiger partial charge in [0.2, 0.25) is 0 Å².